The summed E-state index contributed by atoms with van der Waals surface area (Å²) < 4.78 is 0. The highest BCUT2D eigenvalue weighted by atomic mass is 32.1. The molecule has 0 aliphatic rings. The fourth-order valence-corrected chi connectivity index (χ4v) is 2.95. The lowest BCUT2D eigenvalue weighted by atomic mass is 10.2. The molecule has 0 bridgehead atoms. The third kappa shape index (κ3) is 8.24. The third-order valence-electron chi connectivity index (χ3n) is 3.66. The molecule has 0 radical (unpaired) electrons. The lowest BCUT2D eigenvalue weighted by Crippen LogP contribution is -2.48. The summed E-state index contributed by atoms with van der Waals surface area (Å²) in [5.74, 6) is -0.896. The first-order chi connectivity index (χ1) is 14.0. The number of hydrogen-bond donors (Lipinski definition) is 4. The molecule has 3 amide bonds. The molecule has 1 aromatic carbocycles. The molecule has 0 saturated carbocycles. The number of thiophene rings is 1. The Bertz CT molecular complexity index is 878. The van der Waals surface area contributed by atoms with Crippen molar-refractivity contribution in [3.8, 4) is 0 Å². The van der Waals surface area contributed by atoms with E-state index in [1.165, 1.54) is 17.4 Å². The van der Waals surface area contributed by atoms with Crippen LogP contribution in [0.15, 0.2) is 47.9 Å². The molecular formula is C20H22N4O3S2. The zero-order chi connectivity index (χ0) is 21.1. The van der Waals surface area contributed by atoms with Crippen molar-refractivity contribution in [1.29, 1.82) is 0 Å². The molecule has 0 unspecified atom stereocenters. The topological polar surface area (TPSA) is 99.3 Å². The summed E-state index contributed by atoms with van der Waals surface area (Å²) in [4.78, 5) is 36.6. The van der Waals surface area contributed by atoms with Crippen molar-refractivity contribution in [2.24, 2.45) is 0 Å². The second-order valence-corrected chi connectivity index (χ2v) is 7.36. The Morgan fingerprint density at radius 3 is 2.52 bits per heavy atom. The van der Waals surface area contributed by atoms with Gasteiger partial charge in [0.15, 0.2) is 5.11 Å². The second-order valence-electron chi connectivity index (χ2n) is 5.98. The summed E-state index contributed by atoms with van der Waals surface area (Å²) in [6.45, 7) is 2.02. The van der Waals surface area contributed by atoms with Crippen molar-refractivity contribution in [3.05, 3.63) is 58.3 Å². The van der Waals surface area contributed by atoms with E-state index in [0.29, 0.717) is 17.7 Å². The van der Waals surface area contributed by atoms with Gasteiger partial charge in [-0.15, -0.1) is 11.3 Å². The van der Waals surface area contributed by atoms with Crippen molar-refractivity contribution >= 4 is 58.2 Å². The second kappa shape index (κ2) is 11.7. The maximum Gasteiger partial charge on any atom is 0.269 e. The Balaban J connectivity index is 1.75. The largest absolute Gasteiger partial charge is 0.326 e. The lowest BCUT2D eigenvalue weighted by Gasteiger charge is -2.10. The first kappa shape index (κ1) is 22.3. The SMILES string of the molecule is CCCCC(=O)Nc1ccc(C(=O)NNC(=S)NC(=O)/C=C/c2cccs2)cc1. The number of rotatable bonds is 7. The maximum absolute atomic E-state index is 12.1. The number of amides is 3. The third-order valence-corrected chi connectivity index (χ3v) is 4.70. The molecule has 9 heteroatoms. The monoisotopic (exact) mass is 430 g/mol. The Labute approximate surface area is 178 Å². The lowest BCUT2D eigenvalue weighted by molar-refractivity contribution is -0.116. The number of unbranched alkanes of at least 4 members (excludes halogenated alkanes) is 1. The summed E-state index contributed by atoms with van der Waals surface area (Å²) in [7, 11) is 0. The zero-order valence-electron chi connectivity index (χ0n) is 15.9. The number of carbonyl (C=O) groups excluding carboxylic acids is 3. The molecule has 4 N–H and O–H groups in total. The molecule has 29 heavy (non-hydrogen) atoms. The van der Waals surface area contributed by atoms with Gasteiger partial charge in [0.1, 0.15) is 0 Å². The molecule has 7 nitrogen and oxygen atoms in total. The van der Waals surface area contributed by atoms with Crippen molar-refractivity contribution in [3.63, 3.8) is 0 Å². The molecule has 0 aliphatic carbocycles. The number of thiocarbonyl (C=S) groups is 1. The van der Waals surface area contributed by atoms with Gasteiger partial charge in [0.2, 0.25) is 11.8 Å². The molecule has 0 fully saturated rings. The van der Waals surface area contributed by atoms with Crippen molar-refractivity contribution in [2.45, 2.75) is 26.2 Å². The van der Waals surface area contributed by atoms with E-state index in [-0.39, 0.29) is 11.0 Å². The molecule has 0 saturated heterocycles. The van der Waals surface area contributed by atoms with E-state index in [4.69, 9.17) is 12.2 Å². The fourth-order valence-electron chi connectivity index (χ4n) is 2.18. The minimum absolute atomic E-state index is 0.0287. The Kier molecular flexibility index (Phi) is 9.00. The molecule has 0 atom stereocenters. The van der Waals surface area contributed by atoms with Crippen LogP contribution in [-0.4, -0.2) is 22.8 Å². The predicted octanol–water partition coefficient (Wildman–Crippen LogP) is 3.23. The minimum Gasteiger partial charge on any atom is -0.326 e. The molecule has 1 heterocycles. The molecule has 0 aliphatic heterocycles. The first-order valence-electron chi connectivity index (χ1n) is 9.00. The summed E-state index contributed by atoms with van der Waals surface area (Å²) in [5, 5.41) is 7.09. The van der Waals surface area contributed by atoms with E-state index < -0.39 is 11.8 Å². The van der Waals surface area contributed by atoms with Crippen LogP contribution in [0.3, 0.4) is 0 Å². The van der Waals surface area contributed by atoms with E-state index in [1.54, 1.807) is 30.3 Å². The number of hydrazine groups is 1. The van der Waals surface area contributed by atoms with Crippen LogP contribution in [0.1, 0.15) is 41.4 Å². The normalized spacial score (nSPS) is 10.4. The minimum atomic E-state index is -0.431. The van der Waals surface area contributed by atoms with Gasteiger partial charge in [-0.2, -0.15) is 0 Å². The highest BCUT2D eigenvalue weighted by Gasteiger charge is 2.08. The van der Waals surface area contributed by atoms with Crippen molar-refractivity contribution in [1.82, 2.24) is 16.2 Å². The highest BCUT2D eigenvalue weighted by Crippen LogP contribution is 2.11. The van der Waals surface area contributed by atoms with Crippen LogP contribution in [0.2, 0.25) is 0 Å². The van der Waals surface area contributed by atoms with Crippen LogP contribution in [0, 0.1) is 0 Å². The number of carbonyl (C=O) groups is 3. The van der Waals surface area contributed by atoms with Gasteiger partial charge in [0.25, 0.3) is 5.91 Å². The van der Waals surface area contributed by atoms with Gasteiger partial charge in [0.05, 0.1) is 0 Å². The van der Waals surface area contributed by atoms with Crippen LogP contribution >= 0.6 is 23.6 Å². The van der Waals surface area contributed by atoms with Crippen molar-refractivity contribution < 1.29 is 14.4 Å². The summed E-state index contributed by atoms with van der Waals surface area (Å²) in [6, 6.07) is 10.2. The van der Waals surface area contributed by atoms with E-state index in [9.17, 15) is 14.4 Å². The number of nitrogens with one attached hydrogen (secondary N) is 4. The zero-order valence-corrected chi connectivity index (χ0v) is 17.5. The van der Waals surface area contributed by atoms with Gasteiger partial charge < -0.3 is 5.32 Å². The van der Waals surface area contributed by atoms with Gasteiger partial charge in [-0.25, -0.2) is 0 Å². The average molecular weight is 431 g/mol. The summed E-state index contributed by atoms with van der Waals surface area (Å²) >= 11 is 6.49. The first-order valence-corrected chi connectivity index (χ1v) is 10.3. The van der Waals surface area contributed by atoms with Crippen LogP contribution in [0.25, 0.3) is 6.08 Å². The van der Waals surface area contributed by atoms with Gasteiger partial charge in [-0.05, 0) is 60.4 Å². The van der Waals surface area contributed by atoms with E-state index >= 15 is 0 Å². The van der Waals surface area contributed by atoms with Crippen LogP contribution in [0.5, 0.6) is 0 Å². The standard InChI is InChI=1S/C20H22N4O3S2/c1-2-3-6-17(25)21-15-9-7-14(8-10-15)19(27)23-24-20(28)22-18(26)12-11-16-5-4-13-29-16/h4-5,7-13H,2-3,6H2,1H3,(H,21,25)(H,23,27)(H2,22,24,26,28)/b12-11+. The van der Waals surface area contributed by atoms with Gasteiger partial charge >= 0.3 is 0 Å². The molecule has 152 valence electrons. The highest BCUT2D eigenvalue weighted by molar-refractivity contribution is 7.80. The van der Waals surface area contributed by atoms with Crippen LogP contribution in [-0.2, 0) is 9.59 Å². The van der Waals surface area contributed by atoms with E-state index in [2.05, 4.69) is 21.5 Å². The fraction of sp³-hybridized carbons (Fsp3) is 0.200. The van der Waals surface area contributed by atoms with E-state index in [1.807, 2.05) is 24.4 Å². The number of anilines is 1. The van der Waals surface area contributed by atoms with Crippen molar-refractivity contribution in [2.75, 3.05) is 5.32 Å². The Morgan fingerprint density at radius 2 is 1.86 bits per heavy atom. The molecular weight excluding hydrogens is 408 g/mol. The van der Waals surface area contributed by atoms with Gasteiger partial charge in [-0.3, -0.25) is 30.6 Å². The average Bonchev–Trinajstić information content (AvgIpc) is 3.23. The van der Waals surface area contributed by atoms with Gasteiger partial charge in [-0.1, -0.05) is 19.4 Å². The smallest absolute Gasteiger partial charge is 0.269 e. The Hall–Kier alpha value is -3.04. The van der Waals surface area contributed by atoms with Gasteiger partial charge in [0, 0.05) is 28.6 Å². The van der Waals surface area contributed by atoms with Crippen LogP contribution < -0.4 is 21.5 Å². The molecule has 2 rings (SSSR count). The molecule has 2 aromatic rings. The van der Waals surface area contributed by atoms with E-state index in [0.717, 1.165) is 17.7 Å². The van der Waals surface area contributed by atoms with Crippen LogP contribution in [0.4, 0.5) is 5.69 Å². The number of hydrogen-bond acceptors (Lipinski definition) is 5. The summed E-state index contributed by atoms with van der Waals surface area (Å²) in [5.41, 5.74) is 5.87. The molecule has 0 spiro atoms. The summed E-state index contributed by atoms with van der Waals surface area (Å²) in [6.07, 6.45) is 5.28. The maximum atomic E-state index is 12.1. The number of benzene rings is 1. The molecule has 1 aromatic heterocycles. The quantitative estimate of drug-likeness (QED) is 0.307. The Morgan fingerprint density at radius 1 is 1.10 bits per heavy atom. The predicted molar refractivity (Wildman–Crippen MR) is 119 cm³/mol.